The van der Waals surface area contributed by atoms with Gasteiger partial charge in [-0.2, -0.15) is 10.2 Å². The molecule has 0 saturated carbocycles. The molecule has 11 heteroatoms. The van der Waals surface area contributed by atoms with Gasteiger partial charge >= 0.3 is 0 Å². The van der Waals surface area contributed by atoms with E-state index in [0.29, 0.717) is 10.6 Å². The quantitative estimate of drug-likeness (QED) is 0.635. The van der Waals surface area contributed by atoms with Crippen molar-refractivity contribution in [3.8, 4) is 0 Å². The molecule has 1 amide bonds. The summed E-state index contributed by atoms with van der Waals surface area (Å²) in [6.07, 6.45) is -4.45. The van der Waals surface area contributed by atoms with Gasteiger partial charge in [-0.15, -0.1) is 0 Å². The fourth-order valence-corrected chi connectivity index (χ4v) is 2.61. The Labute approximate surface area is 151 Å². The highest BCUT2D eigenvalue weighted by atomic mass is 19.3. The summed E-state index contributed by atoms with van der Waals surface area (Å²) < 4.78 is 54.6. The first-order valence-corrected chi connectivity index (χ1v) is 7.89. The van der Waals surface area contributed by atoms with Crippen LogP contribution in [0.25, 0.3) is 5.65 Å². The Morgan fingerprint density at radius 2 is 1.93 bits per heavy atom. The number of carbonyl (C=O) groups excluding carboxylic acids is 1. The molecule has 144 valence electrons. The first-order chi connectivity index (χ1) is 12.7. The first-order valence-electron chi connectivity index (χ1n) is 7.89. The van der Waals surface area contributed by atoms with Gasteiger partial charge in [0.05, 0.1) is 6.20 Å². The highest BCUT2D eigenvalue weighted by Crippen LogP contribution is 2.25. The molecule has 0 unspecified atom stereocenters. The van der Waals surface area contributed by atoms with Crippen molar-refractivity contribution < 1.29 is 22.4 Å². The molecule has 0 radical (unpaired) electrons. The maximum atomic E-state index is 13.2. The van der Waals surface area contributed by atoms with Crippen LogP contribution in [0.3, 0.4) is 0 Å². The van der Waals surface area contributed by atoms with Crippen LogP contribution in [0.2, 0.25) is 0 Å². The van der Waals surface area contributed by atoms with Gasteiger partial charge in [-0.3, -0.25) is 9.48 Å². The Morgan fingerprint density at radius 1 is 1.22 bits per heavy atom. The van der Waals surface area contributed by atoms with Crippen molar-refractivity contribution >= 4 is 11.6 Å². The van der Waals surface area contributed by atoms with Gasteiger partial charge in [0.1, 0.15) is 11.4 Å². The lowest BCUT2D eigenvalue weighted by atomic mass is 10.2. The monoisotopic (exact) mass is 384 g/mol. The van der Waals surface area contributed by atoms with E-state index >= 15 is 0 Å². The molecule has 0 aliphatic rings. The van der Waals surface area contributed by atoms with Crippen LogP contribution in [-0.4, -0.2) is 42.2 Å². The highest BCUT2D eigenvalue weighted by Gasteiger charge is 2.23. The van der Waals surface area contributed by atoms with E-state index in [1.54, 1.807) is 17.9 Å². The van der Waals surface area contributed by atoms with Crippen LogP contribution in [0.1, 0.15) is 46.0 Å². The molecule has 0 bridgehead atoms. The Bertz CT molecular complexity index is 996. The normalized spacial score (nSPS) is 11.7. The summed E-state index contributed by atoms with van der Waals surface area (Å²) in [7, 11) is 3.28. The first kappa shape index (κ1) is 18.8. The van der Waals surface area contributed by atoms with E-state index in [0.717, 1.165) is 17.3 Å². The molecule has 0 aromatic carbocycles. The van der Waals surface area contributed by atoms with Crippen molar-refractivity contribution in [3.05, 3.63) is 46.7 Å². The summed E-state index contributed by atoms with van der Waals surface area (Å²) in [5.41, 5.74) is -0.273. The van der Waals surface area contributed by atoms with Crippen molar-refractivity contribution in [2.75, 3.05) is 7.05 Å². The number of aromatic nitrogens is 5. The summed E-state index contributed by atoms with van der Waals surface area (Å²) in [5, 5.41) is 7.93. The lowest BCUT2D eigenvalue weighted by Crippen LogP contribution is -2.26. The van der Waals surface area contributed by atoms with Gasteiger partial charge in [0.25, 0.3) is 18.8 Å². The van der Waals surface area contributed by atoms with E-state index in [9.17, 15) is 22.4 Å². The predicted molar refractivity (Wildman–Crippen MR) is 86.6 cm³/mol. The average molecular weight is 384 g/mol. The van der Waals surface area contributed by atoms with Crippen LogP contribution < -0.4 is 0 Å². The van der Waals surface area contributed by atoms with Gasteiger partial charge in [-0.05, 0) is 13.0 Å². The third kappa shape index (κ3) is 3.49. The number of aryl methyl sites for hydroxylation is 1. The topological polar surface area (TPSA) is 68.3 Å². The van der Waals surface area contributed by atoms with Crippen LogP contribution in [0, 0.1) is 6.92 Å². The molecule has 0 atom stereocenters. The molecule has 3 rings (SSSR count). The fourth-order valence-electron chi connectivity index (χ4n) is 2.61. The maximum Gasteiger partial charge on any atom is 0.280 e. The molecular weight excluding hydrogens is 368 g/mol. The summed E-state index contributed by atoms with van der Waals surface area (Å²) in [6.45, 7) is 2.07. The Balaban J connectivity index is 1.95. The second kappa shape index (κ2) is 6.97. The zero-order chi connectivity index (χ0) is 19.9. The van der Waals surface area contributed by atoms with Gasteiger partial charge in [0, 0.05) is 38.0 Å². The van der Waals surface area contributed by atoms with E-state index in [2.05, 4.69) is 15.2 Å². The number of halogens is 4. The number of rotatable bonds is 5. The molecule has 3 heterocycles. The number of amides is 1. The largest absolute Gasteiger partial charge is 0.336 e. The highest BCUT2D eigenvalue weighted by molar-refractivity contribution is 5.93. The second-order valence-electron chi connectivity index (χ2n) is 6.05. The minimum atomic E-state index is -3.05. The number of hydrogen-bond acceptors (Lipinski definition) is 4. The van der Waals surface area contributed by atoms with Crippen LogP contribution in [-0.2, 0) is 13.6 Å². The molecule has 3 aromatic rings. The number of hydrogen-bond donors (Lipinski definition) is 0. The maximum absolute atomic E-state index is 13.2. The minimum Gasteiger partial charge on any atom is -0.336 e. The van der Waals surface area contributed by atoms with E-state index in [1.807, 2.05) is 6.92 Å². The zero-order valence-corrected chi connectivity index (χ0v) is 14.7. The summed E-state index contributed by atoms with van der Waals surface area (Å²) in [6, 6.07) is 1.71. The standard InChI is InChI=1S/C16H16F4N6O/c1-8-9(6-21-25(8)3)7-24(2)16(27)11-5-13-22-10(14(17)18)4-12(15(19)20)26(13)23-11/h4-6,14-15H,7H2,1-3H3. The smallest absolute Gasteiger partial charge is 0.280 e. The molecule has 0 spiro atoms. The Hall–Kier alpha value is -2.98. The molecule has 0 aliphatic carbocycles. The Kier molecular flexibility index (Phi) is 4.85. The number of nitrogens with zero attached hydrogens (tertiary/aromatic N) is 6. The van der Waals surface area contributed by atoms with E-state index in [4.69, 9.17) is 0 Å². The molecule has 3 aromatic heterocycles. The van der Waals surface area contributed by atoms with Crippen molar-refractivity contribution in [1.82, 2.24) is 29.3 Å². The second-order valence-corrected chi connectivity index (χ2v) is 6.05. The van der Waals surface area contributed by atoms with Gasteiger partial charge in [0.2, 0.25) is 0 Å². The summed E-state index contributed by atoms with van der Waals surface area (Å²) in [5.74, 6) is -0.553. The molecule has 0 saturated heterocycles. The van der Waals surface area contributed by atoms with E-state index in [-0.39, 0.29) is 17.9 Å². The average Bonchev–Trinajstić information content (AvgIpc) is 3.18. The lowest BCUT2D eigenvalue weighted by Gasteiger charge is -2.15. The fraction of sp³-hybridized carbons (Fsp3) is 0.375. The lowest BCUT2D eigenvalue weighted by molar-refractivity contribution is 0.0778. The van der Waals surface area contributed by atoms with Crippen LogP contribution >= 0.6 is 0 Å². The molecule has 0 N–H and O–H groups in total. The van der Waals surface area contributed by atoms with Crippen LogP contribution in [0.15, 0.2) is 18.3 Å². The van der Waals surface area contributed by atoms with E-state index in [1.165, 1.54) is 11.9 Å². The van der Waals surface area contributed by atoms with Crippen molar-refractivity contribution in [2.45, 2.75) is 26.3 Å². The number of fused-ring (bicyclic) bond motifs is 1. The van der Waals surface area contributed by atoms with Gasteiger partial charge in [-0.25, -0.2) is 27.1 Å². The third-order valence-corrected chi connectivity index (χ3v) is 4.23. The van der Waals surface area contributed by atoms with Gasteiger partial charge < -0.3 is 4.90 Å². The van der Waals surface area contributed by atoms with Crippen LogP contribution in [0.5, 0.6) is 0 Å². The summed E-state index contributed by atoms with van der Waals surface area (Å²) >= 11 is 0. The van der Waals surface area contributed by atoms with Gasteiger partial charge in [0.15, 0.2) is 11.3 Å². The SMILES string of the molecule is Cc1c(CN(C)C(=O)c2cc3nc(C(F)F)cc(C(F)F)n3n2)cnn1C. The van der Waals surface area contributed by atoms with Crippen molar-refractivity contribution in [2.24, 2.45) is 7.05 Å². The third-order valence-electron chi connectivity index (χ3n) is 4.23. The zero-order valence-electron chi connectivity index (χ0n) is 14.7. The van der Waals surface area contributed by atoms with E-state index < -0.39 is 30.1 Å². The number of alkyl halides is 4. The Morgan fingerprint density at radius 3 is 2.48 bits per heavy atom. The number of carbonyl (C=O) groups is 1. The minimum absolute atomic E-state index is 0.167. The summed E-state index contributed by atoms with van der Waals surface area (Å²) in [4.78, 5) is 17.5. The van der Waals surface area contributed by atoms with Crippen molar-refractivity contribution in [3.63, 3.8) is 0 Å². The molecular formula is C16H16F4N6O. The predicted octanol–water partition coefficient (Wildman–Crippen LogP) is 2.92. The van der Waals surface area contributed by atoms with Crippen LogP contribution in [0.4, 0.5) is 17.6 Å². The van der Waals surface area contributed by atoms with Crippen molar-refractivity contribution in [1.29, 1.82) is 0 Å². The molecule has 0 fully saturated rings. The van der Waals surface area contributed by atoms with Gasteiger partial charge in [-0.1, -0.05) is 0 Å². The molecule has 7 nitrogen and oxygen atoms in total. The molecule has 27 heavy (non-hydrogen) atoms. The molecule has 0 aliphatic heterocycles.